The summed E-state index contributed by atoms with van der Waals surface area (Å²) in [4.78, 5) is 3.76. The second-order valence-electron chi connectivity index (χ2n) is 4.06. The van der Waals surface area contributed by atoms with E-state index in [1.165, 1.54) is 24.4 Å². The topological polar surface area (TPSA) is 122 Å². The molecular weight excluding hydrogens is 280 g/mol. The van der Waals surface area contributed by atoms with E-state index in [1.807, 2.05) is 0 Å². The molecule has 0 saturated heterocycles. The summed E-state index contributed by atoms with van der Waals surface area (Å²) in [5.41, 5.74) is 5.83. The van der Waals surface area contributed by atoms with Gasteiger partial charge in [0.2, 0.25) is 15.9 Å². The zero-order valence-electron chi connectivity index (χ0n) is 10.6. The van der Waals surface area contributed by atoms with Gasteiger partial charge in [0, 0.05) is 5.69 Å². The van der Waals surface area contributed by atoms with Gasteiger partial charge in [-0.3, -0.25) is 0 Å². The molecule has 0 fully saturated rings. The quantitative estimate of drug-likeness (QED) is 0.808. The highest BCUT2D eigenvalue weighted by atomic mass is 32.2. The van der Waals surface area contributed by atoms with Crippen LogP contribution in [0.25, 0.3) is 0 Å². The van der Waals surface area contributed by atoms with Crippen LogP contribution in [0.5, 0.6) is 0 Å². The number of nitrogen functional groups attached to an aromatic ring is 1. The average Bonchev–Trinajstić information content (AvgIpc) is 2.82. The van der Waals surface area contributed by atoms with Crippen LogP contribution < -0.4 is 10.5 Å². The fourth-order valence-electron chi connectivity index (χ4n) is 1.59. The number of aromatic nitrogens is 1. The lowest BCUT2D eigenvalue weighted by Crippen LogP contribution is -2.24. The average molecular weight is 292 g/mol. The van der Waals surface area contributed by atoms with E-state index in [-0.39, 0.29) is 22.9 Å². The first-order chi connectivity index (χ1) is 9.42. The number of oxazole rings is 1. The Morgan fingerprint density at radius 3 is 2.85 bits per heavy atom. The minimum Gasteiger partial charge on any atom is -0.445 e. The smallest absolute Gasteiger partial charge is 0.242 e. The lowest BCUT2D eigenvalue weighted by Gasteiger charge is -2.07. The number of sulfonamides is 1. The second kappa shape index (κ2) is 5.32. The predicted molar refractivity (Wildman–Crippen MR) is 70.8 cm³/mol. The summed E-state index contributed by atoms with van der Waals surface area (Å²) in [6, 6.07) is 5.83. The van der Waals surface area contributed by atoms with E-state index >= 15 is 0 Å². The number of aryl methyl sites for hydroxylation is 1. The maximum atomic E-state index is 12.1. The molecule has 7 nitrogen and oxygen atoms in total. The van der Waals surface area contributed by atoms with Crippen molar-refractivity contribution in [3.63, 3.8) is 0 Å². The molecule has 2 rings (SSSR count). The molecule has 8 heteroatoms. The summed E-state index contributed by atoms with van der Waals surface area (Å²) in [6.45, 7) is 1.62. The van der Waals surface area contributed by atoms with Gasteiger partial charge in [-0.25, -0.2) is 18.1 Å². The molecule has 0 unspecified atom stereocenters. The lowest BCUT2D eigenvalue weighted by atomic mass is 10.2. The van der Waals surface area contributed by atoms with Crippen molar-refractivity contribution in [2.45, 2.75) is 18.4 Å². The monoisotopic (exact) mass is 292 g/mol. The van der Waals surface area contributed by atoms with Crippen molar-refractivity contribution in [1.82, 2.24) is 9.71 Å². The maximum Gasteiger partial charge on any atom is 0.242 e. The van der Waals surface area contributed by atoms with E-state index in [9.17, 15) is 8.42 Å². The van der Waals surface area contributed by atoms with E-state index in [0.29, 0.717) is 11.4 Å². The molecule has 0 bridgehead atoms. The Balaban J connectivity index is 2.25. The van der Waals surface area contributed by atoms with E-state index < -0.39 is 10.0 Å². The lowest BCUT2D eigenvalue weighted by molar-refractivity contribution is 0.463. The van der Waals surface area contributed by atoms with E-state index in [1.54, 1.807) is 13.0 Å². The fraction of sp³-hybridized carbons (Fsp3) is 0.167. The van der Waals surface area contributed by atoms with Crippen LogP contribution in [0.2, 0.25) is 0 Å². The normalized spacial score (nSPS) is 11.2. The molecule has 1 heterocycles. The SMILES string of the molecule is Cc1cnc(CNS(=O)(=O)c2ccc(N)cc2C#N)o1. The molecule has 0 radical (unpaired) electrons. The molecule has 2 aromatic rings. The summed E-state index contributed by atoms with van der Waals surface area (Å²) in [5.74, 6) is 0.837. The van der Waals surface area contributed by atoms with Gasteiger partial charge in [-0.1, -0.05) is 0 Å². The van der Waals surface area contributed by atoms with Crippen molar-refractivity contribution >= 4 is 15.7 Å². The molecule has 1 aromatic carbocycles. The number of nitriles is 1. The number of nitrogens with zero attached hydrogens (tertiary/aromatic N) is 2. The minimum absolute atomic E-state index is 0.0129. The fourth-order valence-corrected chi connectivity index (χ4v) is 2.70. The Hall–Kier alpha value is -2.37. The molecule has 1 aromatic heterocycles. The number of nitrogens with two attached hydrogens (primary N) is 1. The molecule has 0 spiro atoms. The molecule has 3 N–H and O–H groups in total. The Morgan fingerprint density at radius 1 is 1.50 bits per heavy atom. The van der Waals surface area contributed by atoms with E-state index in [2.05, 4.69) is 9.71 Å². The van der Waals surface area contributed by atoms with Crippen LogP contribution in [0.4, 0.5) is 5.69 Å². The number of hydrogen-bond donors (Lipinski definition) is 2. The molecule has 0 amide bonds. The second-order valence-corrected chi connectivity index (χ2v) is 5.79. The summed E-state index contributed by atoms with van der Waals surface area (Å²) in [7, 11) is -3.84. The van der Waals surface area contributed by atoms with Crippen molar-refractivity contribution in [3.8, 4) is 6.07 Å². The Morgan fingerprint density at radius 2 is 2.25 bits per heavy atom. The molecule has 0 atom stereocenters. The number of hydrogen-bond acceptors (Lipinski definition) is 6. The minimum atomic E-state index is -3.84. The van der Waals surface area contributed by atoms with Crippen LogP contribution in [0.15, 0.2) is 33.7 Å². The zero-order chi connectivity index (χ0) is 14.8. The molecule has 0 aliphatic carbocycles. The van der Waals surface area contributed by atoms with E-state index in [4.69, 9.17) is 15.4 Å². The first-order valence-electron chi connectivity index (χ1n) is 5.63. The largest absolute Gasteiger partial charge is 0.445 e. The number of rotatable bonds is 4. The third-order valence-corrected chi connectivity index (χ3v) is 3.96. The Bertz CT molecular complexity index is 774. The van der Waals surface area contributed by atoms with Gasteiger partial charge in [0.15, 0.2) is 0 Å². The Labute approximate surface area is 116 Å². The van der Waals surface area contributed by atoms with Crippen molar-refractivity contribution in [2.75, 3.05) is 5.73 Å². The van der Waals surface area contributed by atoms with Gasteiger partial charge in [0.05, 0.1) is 23.2 Å². The van der Waals surface area contributed by atoms with Crippen LogP contribution in [0.1, 0.15) is 17.2 Å². The van der Waals surface area contributed by atoms with Gasteiger partial charge < -0.3 is 10.2 Å². The third-order valence-electron chi connectivity index (χ3n) is 2.50. The number of anilines is 1. The summed E-state index contributed by atoms with van der Waals surface area (Å²) in [5, 5.41) is 8.97. The van der Waals surface area contributed by atoms with Gasteiger partial charge in [0.1, 0.15) is 11.8 Å². The van der Waals surface area contributed by atoms with Gasteiger partial charge in [-0.05, 0) is 25.1 Å². The maximum absolute atomic E-state index is 12.1. The van der Waals surface area contributed by atoms with Crippen molar-refractivity contribution in [1.29, 1.82) is 5.26 Å². The van der Waals surface area contributed by atoms with E-state index in [0.717, 1.165) is 0 Å². The third kappa shape index (κ3) is 2.96. The molecule has 20 heavy (non-hydrogen) atoms. The highest BCUT2D eigenvalue weighted by Crippen LogP contribution is 2.18. The molecule has 0 saturated carbocycles. The van der Waals surface area contributed by atoms with Crippen molar-refractivity contribution in [2.24, 2.45) is 0 Å². The van der Waals surface area contributed by atoms with Crippen molar-refractivity contribution < 1.29 is 12.8 Å². The van der Waals surface area contributed by atoms with Gasteiger partial charge in [-0.15, -0.1) is 0 Å². The molecular formula is C12H12N4O3S. The summed E-state index contributed by atoms with van der Waals surface area (Å²) in [6.07, 6.45) is 1.49. The van der Waals surface area contributed by atoms with Crippen LogP contribution >= 0.6 is 0 Å². The zero-order valence-corrected chi connectivity index (χ0v) is 11.4. The molecule has 104 valence electrons. The van der Waals surface area contributed by atoms with Crippen LogP contribution in [0, 0.1) is 18.3 Å². The van der Waals surface area contributed by atoms with Gasteiger partial charge in [0.25, 0.3) is 0 Å². The summed E-state index contributed by atoms with van der Waals surface area (Å²) >= 11 is 0. The standard InChI is InChI=1S/C12H12N4O3S/c1-8-6-15-12(19-8)7-16-20(17,18)11-3-2-10(14)4-9(11)5-13/h2-4,6,16H,7,14H2,1H3. The number of benzene rings is 1. The van der Waals surface area contributed by atoms with Crippen LogP contribution in [-0.2, 0) is 16.6 Å². The van der Waals surface area contributed by atoms with Crippen LogP contribution in [-0.4, -0.2) is 13.4 Å². The number of nitrogens with one attached hydrogen (secondary N) is 1. The van der Waals surface area contributed by atoms with Crippen LogP contribution in [0.3, 0.4) is 0 Å². The predicted octanol–water partition coefficient (Wildman–Crippen LogP) is 0.915. The first kappa shape index (κ1) is 14.0. The van der Waals surface area contributed by atoms with Gasteiger partial charge in [-0.2, -0.15) is 5.26 Å². The van der Waals surface area contributed by atoms with Gasteiger partial charge >= 0.3 is 0 Å². The summed E-state index contributed by atoms with van der Waals surface area (Å²) < 4.78 is 31.8. The molecule has 0 aliphatic rings. The highest BCUT2D eigenvalue weighted by molar-refractivity contribution is 7.89. The first-order valence-corrected chi connectivity index (χ1v) is 7.11. The molecule has 0 aliphatic heterocycles. The highest BCUT2D eigenvalue weighted by Gasteiger charge is 2.19. The van der Waals surface area contributed by atoms with Crippen molar-refractivity contribution in [3.05, 3.63) is 41.6 Å². The Kier molecular flexibility index (Phi) is 3.74.